The molecule has 27 heavy (non-hydrogen) atoms. The summed E-state index contributed by atoms with van der Waals surface area (Å²) < 4.78 is 22.1. The topological polar surface area (TPSA) is 57.2 Å². The molecule has 0 aliphatic heterocycles. The molecule has 5 heteroatoms. The van der Waals surface area contributed by atoms with E-state index in [1.165, 1.54) is 0 Å². The number of hydrogen-bond donors (Lipinski definition) is 1. The molecule has 0 saturated heterocycles. The summed E-state index contributed by atoms with van der Waals surface area (Å²) in [6.07, 6.45) is 0. The van der Waals surface area contributed by atoms with Crippen LogP contribution < -0.4 is 18.9 Å². The van der Waals surface area contributed by atoms with Gasteiger partial charge in [0.2, 0.25) is 0 Å². The molecule has 0 aromatic heterocycles. The van der Waals surface area contributed by atoms with Crippen LogP contribution in [0, 0.1) is 0 Å². The van der Waals surface area contributed by atoms with Crippen LogP contribution in [0.3, 0.4) is 0 Å². The van der Waals surface area contributed by atoms with E-state index >= 15 is 0 Å². The van der Waals surface area contributed by atoms with Crippen LogP contribution in [0.4, 0.5) is 0 Å². The summed E-state index contributed by atoms with van der Waals surface area (Å²) in [4.78, 5) is 0. The minimum Gasteiger partial charge on any atom is -0.508 e. The molecule has 0 spiro atoms. The van der Waals surface area contributed by atoms with E-state index < -0.39 is 0 Å². The molecule has 0 unspecified atom stereocenters. The summed E-state index contributed by atoms with van der Waals surface area (Å²) in [7, 11) is 6.43. The van der Waals surface area contributed by atoms with Gasteiger partial charge in [0.1, 0.15) is 5.75 Å². The zero-order chi connectivity index (χ0) is 19.4. The number of methoxy groups -OCH3 is 4. The highest BCUT2D eigenvalue weighted by atomic mass is 16.5. The van der Waals surface area contributed by atoms with E-state index in [9.17, 15) is 5.11 Å². The third-order valence-corrected chi connectivity index (χ3v) is 4.39. The van der Waals surface area contributed by atoms with Gasteiger partial charge in [-0.2, -0.15) is 0 Å². The summed E-state index contributed by atoms with van der Waals surface area (Å²) in [6, 6.07) is 16.6. The van der Waals surface area contributed by atoms with Crippen molar-refractivity contribution < 1.29 is 24.1 Å². The van der Waals surface area contributed by atoms with Crippen molar-refractivity contribution in [3.05, 3.63) is 54.6 Å². The lowest BCUT2D eigenvalue weighted by atomic mass is 9.97. The summed E-state index contributed by atoms with van der Waals surface area (Å²) >= 11 is 0. The highest BCUT2D eigenvalue weighted by Crippen LogP contribution is 2.46. The van der Waals surface area contributed by atoms with Crippen LogP contribution in [0.5, 0.6) is 28.7 Å². The number of phenols is 1. The molecule has 3 aromatic carbocycles. The predicted molar refractivity (Wildman–Crippen MR) is 105 cm³/mol. The summed E-state index contributed by atoms with van der Waals surface area (Å²) in [5.41, 5.74) is 3.58. The second kappa shape index (κ2) is 7.91. The van der Waals surface area contributed by atoms with Crippen molar-refractivity contribution in [1.29, 1.82) is 0 Å². The molecule has 3 aromatic rings. The Bertz CT molecular complexity index is 932. The minimum absolute atomic E-state index is 0.214. The first-order valence-corrected chi connectivity index (χ1v) is 8.39. The Labute approximate surface area is 158 Å². The smallest absolute Gasteiger partial charge is 0.169 e. The van der Waals surface area contributed by atoms with Crippen molar-refractivity contribution in [2.75, 3.05) is 28.4 Å². The molecule has 5 nitrogen and oxygen atoms in total. The van der Waals surface area contributed by atoms with E-state index in [1.54, 1.807) is 40.6 Å². The first kappa shape index (κ1) is 18.5. The normalized spacial score (nSPS) is 10.4. The number of aromatic hydroxyl groups is 1. The Morgan fingerprint density at radius 3 is 1.59 bits per heavy atom. The number of benzene rings is 3. The van der Waals surface area contributed by atoms with Crippen molar-refractivity contribution in [2.45, 2.75) is 0 Å². The monoisotopic (exact) mass is 366 g/mol. The van der Waals surface area contributed by atoms with Gasteiger partial charge in [-0.1, -0.05) is 18.2 Å². The van der Waals surface area contributed by atoms with E-state index in [-0.39, 0.29) is 5.75 Å². The molecule has 0 aliphatic rings. The first-order valence-electron chi connectivity index (χ1n) is 8.39. The molecule has 0 heterocycles. The SMILES string of the molecule is COc1ccc(-c2ccc(-c3ccc(O)cc3)c(OC)c2OC)cc1OC. The maximum Gasteiger partial charge on any atom is 0.169 e. The number of hydrogen-bond acceptors (Lipinski definition) is 5. The molecule has 140 valence electrons. The standard InChI is InChI=1S/C22H22O5/c1-24-19-12-7-15(13-20(19)25-2)18-11-10-17(21(26-3)22(18)27-4)14-5-8-16(23)9-6-14/h5-13,23H,1-4H3. The molecule has 0 saturated carbocycles. The van der Waals surface area contributed by atoms with Crippen molar-refractivity contribution in [3.8, 4) is 51.0 Å². The van der Waals surface area contributed by atoms with Gasteiger partial charge in [-0.3, -0.25) is 0 Å². The zero-order valence-corrected chi connectivity index (χ0v) is 15.8. The molecule has 3 rings (SSSR count). The van der Waals surface area contributed by atoms with Gasteiger partial charge in [0.15, 0.2) is 23.0 Å². The van der Waals surface area contributed by atoms with E-state index in [0.717, 1.165) is 22.3 Å². The maximum absolute atomic E-state index is 9.54. The summed E-state index contributed by atoms with van der Waals surface area (Å²) in [5, 5.41) is 9.54. The lowest BCUT2D eigenvalue weighted by Gasteiger charge is -2.18. The third-order valence-electron chi connectivity index (χ3n) is 4.39. The highest BCUT2D eigenvalue weighted by Gasteiger charge is 2.18. The van der Waals surface area contributed by atoms with Crippen molar-refractivity contribution in [1.82, 2.24) is 0 Å². The molecule has 0 amide bonds. The number of rotatable bonds is 6. The van der Waals surface area contributed by atoms with E-state index in [1.807, 2.05) is 42.5 Å². The Hall–Kier alpha value is -3.34. The van der Waals surface area contributed by atoms with Gasteiger partial charge >= 0.3 is 0 Å². The third kappa shape index (κ3) is 3.49. The second-order valence-corrected chi connectivity index (χ2v) is 5.84. The molecule has 0 radical (unpaired) electrons. The zero-order valence-electron chi connectivity index (χ0n) is 15.8. The van der Waals surface area contributed by atoms with Crippen LogP contribution in [-0.4, -0.2) is 33.5 Å². The van der Waals surface area contributed by atoms with Gasteiger partial charge in [0, 0.05) is 11.1 Å². The van der Waals surface area contributed by atoms with Gasteiger partial charge < -0.3 is 24.1 Å². The molecular weight excluding hydrogens is 344 g/mol. The van der Waals surface area contributed by atoms with Crippen LogP contribution in [0.1, 0.15) is 0 Å². The molecule has 0 fully saturated rings. The van der Waals surface area contributed by atoms with E-state index in [4.69, 9.17) is 18.9 Å². The van der Waals surface area contributed by atoms with Gasteiger partial charge in [-0.25, -0.2) is 0 Å². The Kier molecular flexibility index (Phi) is 5.41. The Morgan fingerprint density at radius 2 is 1.07 bits per heavy atom. The van der Waals surface area contributed by atoms with Gasteiger partial charge in [-0.05, 0) is 47.5 Å². The summed E-state index contributed by atoms with van der Waals surface area (Å²) in [5.74, 6) is 2.75. The van der Waals surface area contributed by atoms with Crippen molar-refractivity contribution in [3.63, 3.8) is 0 Å². The maximum atomic E-state index is 9.54. The summed E-state index contributed by atoms with van der Waals surface area (Å²) in [6.45, 7) is 0. The fraction of sp³-hybridized carbons (Fsp3) is 0.182. The Morgan fingerprint density at radius 1 is 0.556 bits per heavy atom. The predicted octanol–water partition coefficient (Wildman–Crippen LogP) is 4.76. The van der Waals surface area contributed by atoms with Crippen LogP contribution >= 0.6 is 0 Å². The highest BCUT2D eigenvalue weighted by molar-refractivity contribution is 5.84. The fourth-order valence-electron chi connectivity index (χ4n) is 3.07. The molecule has 1 N–H and O–H groups in total. The molecule has 0 bridgehead atoms. The number of ether oxygens (including phenoxy) is 4. The Balaban J connectivity index is 2.17. The second-order valence-electron chi connectivity index (χ2n) is 5.84. The minimum atomic E-state index is 0.214. The van der Waals surface area contributed by atoms with Crippen LogP contribution in [0.2, 0.25) is 0 Å². The first-order chi connectivity index (χ1) is 13.1. The van der Waals surface area contributed by atoms with Crippen LogP contribution in [0.15, 0.2) is 54.6 Å². The average molecular weight is 366 g/mol. The average Bonchev–Trinajstić information content (AvgIpc) is 2.72. The van der Waals surface area contributed by atoms with Gasteiger partial charge in [0.05, 0.1) is 28.4 Å². The largest absolute Gasteiger partial charge is 0.508 e. The van der Waals surface area contributed by atoms with Crippen molar-refractivity contribution >= 4 is 0 Å². The fourth-order valence-corrected chi connectivity index (χ4v) is 3.07. The molecular formula is C22H22O5. The van der Waals surface area contributed by atoms with E-state index in [0.29, 0.717) is 23.0 Å². The molecule has 0 atom stereocenters. The quantitative estimate of drug-likeness (QED) is 0.682. The van der Waals surface area contributed by atoms with Crippen molar-refractivity contribution in [2.24, 2.45) is 0 Å². The molecule has 0 aliphatic carbocycles. The van der Waals surface area contributed by atoms with Crippen LogP contribution in [0.25, 0.3) is 22.3 Å². The lowest BCUT2D eigenvalue weighted by Crippen LogP contribution is -1.97. The van der Waals surface area contributed by atoms with Gasteiger partial charge in [0.25, 0.3) is 0 Å². The number of phenolic OH excluding ortho intramolecular Hbond substituents is 1. The lowest BCUT2D eigenvalue weighted by molar-refractivity contribution is 0.354. The van der Waals surface area contributed by atoms with Crippen LogP contribution in [-0.2, 0) is 0 Å². The van der Waals surface area contributed by atoms with E-state index in [2.05, 4.69) is 0 Å². The van der Waals surface area contributed by atoms with Gasteiger partial charge in [-0.15, -0.1) is 0 Å².